The molecular formula is C13H23ClN2. The van der Waals surface area contributed by atoms with E-state index in [9.17, 15) is 0 Å². The highest BCUT2D eigenvalue weighted by Gasteiger charge is 2.09. The van der Waals surface area contributed by atoms with Crippen molar-refractivity contribution in [3.05, 3.63) is 34.9 Å². The molecule has 0 aliphatic heterocycles. The average Bonchev–Trinajstić information content (AvgIpc) is 2.22. The molecule has 0 heterocycles. The van der Waals surface area contributed by atoms with Crippen LogP contribution in [0, 0.1) is 13.8 Å². The average molecular weight is 243 g/mol. The monoisotopic (exact) mass is 242 g/mol. The zero-order chi connectivity index (χ0) is 11.3. The molecule has 1 aromatic carbocycles. The highest BCUT2D eigenvalue weighted by Crippen LogP contribution is 2.22. The van der Waals surface area contributed by atoms with Crippen molar-refractivity contribution in [1.29, 1.82) is 0 Å². The smallest absolute Gasteiger partial charge is 0.0297 e. The van der Waals surface area contributed by atoms with Crippen LogP contribution in [0.25, 0.3) is 0 Å². The second kappa shape index (κ2) is 7.66. The minimum atomic E-state index is 0. The highest BCUT2D eigenvalue weighted by molar-refractivity contribution is 5.85. The molecule has 0 amide bonds. The second-order valence-corrected chi connectivity index (χ2v) is 4.18. The lowest BCUT2D eigenvalue weighted by molar-refractivity contribution is 0.588. The molecule has 0 unspecified atom stereocenters. The predicted octanol–water partition coefficient (Wildman–Crippen LogP) is 2.85. The third-order valence-electron chi connectivity index (χ3n) is 3.02. The Morgan fingerprint density at radius 1 is 1.19 bits per heavy atom. The Labute approximate surface area is 105 Å². The summed E-state index contributed by atoms with van der Waals surface area (Å²) in [5, 5.41) is 0. The van der Waals surface area contributed by atoms with E-state index in [1.807, 2.05) is 0 Å². The van der Waals surface area contributed by atoms with Crippen LogP contribution >= 0.6 is 12.4 Å². The molecule has 0 aliphatic carbocycles. The molecule has 3 heteroatoms. The summed E-state index contributed by atoms with van der Waals surface area (Å²) >= 11 is 0. The van der Waals surface area contributed by atoms with Crippen LogP contribution in [0.2, 0.25) is 0 Å². The summed E-state index contributed by atoms with van der Waals surface area (Å²) in [6.45, 7) is 5.04. The molecule has 0 saturated carbocycles. The molecule has 1 rings (SSSR count). The van der Waals surface area contributed by atoms with Crippen molar-refractivity contribution < 1.29 is 0 Å². The first kappa shape index (κ1) is 15.4. The van der Waals surface area contributed by atoms with Crippen molar-refractivity contribution >= 4 is 12.4 Å². The molecule has 0 bridgehead atoms. The maximum Gasteiger partial charge on any atom is 0.0297 e. The Morgan fingerprint density at radius 2 is 1.88 bits per heavy atom. The summed E-state index contributed by atoms with van der Waals surface area (Å²) in [6, 6.07) is 6.51. The van der Waals surface area contributed by atoms with Gasteiger partial charge in [0.1, 0.15) is 0 Å². The first-order chi connectivity index (χ1) is 7.16. The number of aryl methyl sites for hydroxylation is 1. The molecule has 4 N–H and O–H groups in total. The molecule has 0 spiro atoms. The fourth-order valence-electron chi connectivity index (χ4n) is 1.84. The lowest BCUT2D eigenvalue weighted by atomic mass is 9.95. The maximum atomic E-state index is 6.16. The SMILES string of the molecule is Cc1cccc([C@H](N)CCCCN)c1C.Cl. The number of hydrogen-bond donors (Lipinski definition) is 2. The molecule has 0 aromatic heterocycles. The summed E-state index contributed by atoms with van der Waals surface area (Å²) in [5.41, 5.74) is 15.6. The zero-order valence-electron chi connectivity index (χ0n) is 10.2. The summed E-state index contributed by atoms with van der Waals surface area (Å²) in [4.78, 5) is 0. The molecule has 0 radical (unpaired) electrons. The van der Waals surface area contributed by atoms with Gasteiger partial charge in [-0.05, 0) is 49.9 Å². The van der Waals surface area contributed by atoms with E-state index in [-0.39, 0.29) is 18.4 Å². The van der Waals surface area contributed by atoms with Crippen LogP contribution in [0.5, 0.6) is 0 Å². The molecule has 0 aliphatic rings. The van der Waals surface area contributed by atoms with E-state index in [4.69, 9.17) is 11.5 Å². The van der Waals surface area contributed by atoms with Gasteiger partial charge in [0.15, 0.2) is 0 Å². The van der Waals surface area contributed by atoms with Crippen molar-refractivity contribution in [2.75, 3.05) is 6.54 Å². The largest absolute Gasteiger partial charge is 0.330 e. The molecule has 0 saturated heterocycles. The van der Waals surface area contributed by atoms with E-state index in [2.05, 4.69) is 32.0 Å². The van der Waals surface area contributed by atoms with Crippen LogP contribution in [0.15, 0.2) is 18.2 Å². The Morgan fingerprint density at radius 3 is 2.50 bits per heavy atom. The molecule has 16 heavy (non-hydrogen) atoms. The fraction of sp³-hybridized carbons (Fsp3) is 0.538. The van der Waals surface area contributed by atoms with Crippen LogP contribution in [0.3, 0.4) is 0 Å². The van der Waals surface area contributed by atoms with Crippen LogP contribution in [-0.4, -0.2) is 6.54 Å². The Bertz CT molecular complexity index is 313. The Hall–Kier alpha value is -0.570. The van der Waals surface area contributed by atoms with E-state index >= 15 is 0 Å². The molecule has 1 atom stereocenters. The molecular weight excluding hydrogens is 220 g/mol. The molecule has 2 nitrogen and oxygen atoms in total. The fourth-order valence-corrected chi connectivity index (χ4v) is 1.84. The van der Waals surface area contributed by atoms with E-state index in [0.29, 0.717) is 0 Å². The lowest BCUT2D eigenvalue weighted by Crippen LogP contribution is -2.13. The highest BCUT2D eigenvalue weighted by atomic mass is 35.5. The predicted molar refractivity (Wildman–Crippen MR) is 73.0 cm³/mol. The van der Waals surface area contributed by atoms with E-state index in [1.165, 1.54) is 16.7 Å². The number of benzene rings is 1. The molecule has 92 valence electrons. The van der Waals surface area contributed by atoms with Gasteiger partial charge in [-0.3, -0.25) is 0 Å². The van der Waals surface area contributed by atoms with E-state index in [1.54, 1.807) is 0 Å². The second-order valence-electron chi connectivity index (χ2n) is 4.18. The zero-order valence-corrected chi connectivity index (χ0v) is 11.0. The van der Waals surface area contributed by atoms with Gasteiger partial charge in [0.05, 0.1) is 0 Å². The number of halogens is 1. The van der Waals surface area contributed by atoms with E-state index in [0.717, 1.165) is 25.8 Å². The van der Waals surface area contributed by atoms with Crippen LogP contribution in [0.1, 0.15) is 42.0 Å². The van der Waals surface area contributed by atoms with Gasteiger partial charge in [-0.1, -0.05) is 24.6 Å². The topological polar surface area (TPSA) is 52.0 Å². The number of nitrogens with two attached hydrogens (primary N) is 2. The van der Waals surface area contributed by atoms with Gasteiger partial charge in [-0.15, -0.1) is 12.4 Å². The summed E-state index contributed by atoms with van der Waals surface area (Å²) < 4.78 is 0. The summed E-state index contributed by atoms with van der Waals surface area (Å²) in [7, 11) is 0. The van der Waals surface area contributed by atoms with Crippen LogP contribution < -0.4 is 11.5 Å². The molecule has 1 aromatic rings. The van der Waals surface area contributed by atoms with Gasteiger partial charge in [0.2, 0.25) is 0 Å². The minimum Gasteiger partial charge on any atom is -0.330 e. The first-order valence-electron chi connectivity index (χ1n) is 5.68. The minimum absolute atomic E-state index is 0. The van der Waals surface area contributed by atoms with Gasteiger partial charge in [0.25, 0.3) is 0 Å². The Balaban J connectivity index is 0.00000225. The van der Waals surface area contributed by atoms with Crippen molar-refractivity contribution in [3.8, 4) is 0 Å². The van der Waals surface area contributed by atoms with Gasteiger partial charge in [-0.25, -0.2) is 0 Å². The van der Waals surface area contributed by atoms with Gasteiger partial charge < -0.3 is 11.5 Å². The quantitative estimate of drug-likeness (QED) is 0.781. The van der Waals surface area contributed by atoms with E-state index < -0.39 is 0 Å². The maximum absolute atomic E-state index is 6.16. The normalized spacial score (nSPS) is 12.0. The number of rotatable bonds is 5. The van der Waals surface area contributed by atoms with Gasteiger partial charge in [0, 0.05) is 6.04 Å². The van der Waals surface area contributed by atoms with Crippen molar-refractivity contribution in [3.63, 3.8) is 0 Å². The van der Waals surface area contributed by atoms with Crippen molar-refractivity contribution in [2.45, 2.75) is 39.2 Å². The van der Waals surface area contributed by atoms with Gasteiger partial charge in [-0.2, -0.15) is 0 Å². The van der Waals surface area contributed by atoms with Gasteiger partial charge >= 0.3 is 0 Å². The van der Waals surface area contributed by atoms with Crippen LogP contribution in [0.4, 0.5) is 0 Å². The van der Waals surface area contributed by atoms with Crippen molar-refractivity contribution in [1.82, 2.24) is 0 Å². The Kier molecular flexibility index (Phi) is 7.39. The standard InChI is InChI=1S/C13H22N2.ClH/c1-10-6-5-7-12(11(10)2)13(15)8-3-4-9-14;/h5-7,13H,3-4,8-9,14-15H2,1-2H3;1H/t13-;/m1./s1. The van der Waals surface area contributed by atoms with Crippen LogP contribution in [-0.2, 0) is 0 Å². The lowest BCUT2D eigenvalue weighted by Gasteiger charge is -2.15. The third kappa shape index (κ3) is 4.12. The summed E-state index contributed by atoms with van der Waals surface area (Å²) in [5.74, 6) is 0. The number of hydrogen-bond acceptors (Lipinski definition) is 2. The third-order valence-corrected chi connectivity index (χ3v) is 3.02. The summed E-state index contributed by atoms with van der Waals surface area (Å²) in [6.07, 6.45) is 3.21. The van der Waals surface area contributed by atoms with Crippen molar-refractivity contribution in [2.24, 2.45) is 11.5 Å². The number of unbranched alkanes of at least 4 members (excludes halogenated alkanes) is 1. The first-order valence-corrected chi connectivity index (χ1v) is 5.68. The molecule has 0 fully saturated rings.